The minimum Gasteiger partial charge on any atom is -0.380 e. The van der Waals surface area contributed by atoms with Crippen LogP contribution in [-0.4, -0.2) is 33.1 Å². The van der Waals surface area contributed by atoms with Crippen LogP contribution >= 0.6 is 0 Å². The molecule has 0 amide bonds. The van der Waals surface area contributed by atoms with Gasteiger partial charge in [-0.2, -0.15) is 0 Å². The van der Waals surface area contributed by atoms with Crippen LogP contribution in [0.1, 0.15) is 6.92 Å². The van der Waals surface area contributed by atoms with E-state index in [9.17, 15) is 18.5 Å². The summed E-state index contributed by atoms with van der Waals surface area (Å²) in [5.74, 6) is 5.15. The zero-order valence-corrected chi connectivity index (χ0v) is 11.8. The second-order valence-corrected chi connectivity index (χ2v) is 5.69. The van der Waals surface area contributed by atoms with Crippen LogP contribution in [0, 0.1) is 10.1 Å². The van der Waals surface area contributed by atoms with Gasteiger partial charge in [0.05, 0.1) is 11.0 Å². The van der Waals surface area contributed by atoms with Crippen LogP contribution < -0.4 is 16.0 Å². The van der Waals surface area contributed by atoms with Crippen LogP contribution in [0.4, 0.5) is 11.4 Å². The van der Waals surface area contributed by atoms with Crippen molar-refractivity contribution in [2.45, 2.75) is 17.9 Å². The summed E-state index contributed by atoms with van der Waals surface area (Å²) < 4.78 is 31.4. The molecular formula is C10H16N4O5S. The Balaban J connectivity index is 3.21. The van der Waals surface area contributed by atoms with Gasteiger partial charge in [-0.1, -0.05) is 6.07 Å². The van der Waals surface area contributed by atoms with Crippen LogP contribution in [0.3, 0.4) is 0 Å². The Morgan fingerprint density at radius 1 is 1.50 bits per heavy atom. The van der Waals surface area contributed by atoms with Gasteiger partial charge in [-0.15, -0.1) is 0 Å². The average molecular weight is 304 g/mol. The molecule has 1 aromatic rings. The fraction of sp³-hybridized carbons (Fsp3) is 0.400. The number of nitrogens with one attached hydrogen (secondary N) is 2. The fourth-order valence-electron chi connectivity index (χ4n) is 1.43. The maximum absolute atomic E-state index is 12.1. The van der Waals surface area contributed by atoms with Gasteiger partial charge in [-0.05, 0) is 19.1 Å². The van der Waals surface area contributed by atoms with E-state index < -0.39 is 25.5 Å². The van der Waals surface area contributed by atoms with E-state index in [1.54, 1.807) is 6.92 Å². The number of nitro benzene ring substituents is 1. The van der Waals surface area contributed by atoms with Crippen molar-refractivity contribution in [1.82, 2.24) is 4.72 Å². The first-order valence-electron chi connectivity index (χ1n) is 5.60. The Hall–Kier alpha value is -1.75. The van der Waals surface area contributed by atoms with Gasteiger partial charge in [0.1, 0.15) is 5.69 Å². The summed E-state index contributed by atoms with van der Waals surface area (Å²) in [6, 6.07) is 3.81. The highest BCUT2D eigenvalue weighted by atomic mass is 32.2. The summed E-state index contributed by atoms with van der Waals surface area (Å²) in [5, 5.41) is 11.0. The lowest BCUT2D eigenvalue weighted by atomic mass is 10.3. The van der Waals surface area contributed by atoms with Crippen LogP contribution in [0.25, 0.3) is 0 Å². The minimum absolute atomic E-state index is 0.00370. The van der Waals surface area contributed by atoms with E-state index in [0.717, 1.165) is 6.07 Å². The van der Waals surface area contributed by atoms with Gasteiger partial charge in [0.15, 0.2) is 4.90 Å². The summed E-state index contributed by atoms with van der Waals surface area (Å²) in [6.07, 6.45) is -0.361. The van der Waals surface area contributed by atoms with Gasteiger partial charge in [-0.25, -0.2) is 13.1 Å². The molecule has 0 aliphatic heterocycles. The number of hydrogen-bond donors (Lipinski definition) is 3. The number of nitro groups is 1. The molecule has 1 rings (SSSR count). The van der Waals surface area contributed by atoms with Gasteiger partial charge in [0.2, 0.25) is 10.0 Å². The van der Waals surface area contributed by atoms with Gasteiger partial charge in [0, 0.05) is 13.7 Å². The van der Waals surface area contributed by atoms with Gasteiger partial charge in [-0.3, -0.25) is 16.0 Å². The Morgan fingerprint density at radius 2 is 2.15 bits per heavy atom. The lowest BCUT2D eigenvalue weighted by Gasteiger charge is -2.12. The molecule has 0 spiro atoms. The Morgan fingerprint density at radius 3 is 2.65 bits per heavy atom. The monoisotopic (exact) mass is 304 g/mol. The zero-order valence-electron chi connectivity index (χ0n) is 11.0. The number of rotatable bonds is 7. The second-order valence-electron chi connectivity index (χ2n) is 3.95. The third-order valence-electron chi connectivity index (χ3n) is 2.59. The first-order valence-corrected chi connectivity index (χ1v) is 7.08. The number of nitrogens with two attached hydrogens (primary N) is 1. The number of hydrogen-bond acceptors (Lipinski definition) is 7. The first kappa shape index (κ1) is 16.3. The lowest BCUT2D eigenvalue weighted by Crippen LogP contribution is -2.32. The normalized spacial score (nSPS) is 12.9. The topological polar surface area (TPSA) is 137 Å². The van der Waals surface area contributed by atoms with Gasteiger partial charge < -0.3 is 10.2 Å². The maximum Gasteiger partial charge on any atom is 0.313 e. The van der Waals surface area contributed by atoms with E-state index >= 15 is 0 Å². The summed E-state index contributed by atoms with van der Waals surface area (Å²) in [4.78, 5) is 9.78. The highest BCUT2D eigenvalue weighted by Gasteiger charge is 2.28. The van der Waals surface area contributed by atoms with Crippen LogP contribution in [0.5, 0.6) is 0 Å². The Labute approximate surface area is 116 Å². The van der Waals surface area contributed by atoms with Crippen molar-refractivity contribution in [1.29, 1.82) is 0 Å². The van der Waals surface area contributed by atoms with E-state index in [4.69, 9.17) is 10.6 Å². The molecule has 0 aromatic heterocycles. The molecule has 0 aliphatic rings. The van der Waals surface area contributed by atoms with Crippen molar-refractivity contribution < 1.29 is 18.1 Å². The van der Waals surface area contributed by atoms with Crippen molar-refractivity contribution >= 4 is 21.4 Å². The molecule has 9 nitrogen and oxygen atoms in total. The number of ether oxygens (including phenoxy) is 1. The van der Waals surface area contributed by atoms with Crippen molar-refractivity contribution in [2.75, 3.05) is 19.1 Å². The first-order chi connectivity index (χ1) is 9.33. The summed E-state index contributed by atoms with van der Waals surface area (Å²) in [5.41, 5.74) is 1.42. The standard InChI is InChI=1S/C10H16N4O5S/c1-7(19-2)6-12-20(17,18)9-5-3-4-8(13-11)10(9)14(15)16/h3-5,7,12-13H,6,11H2,1-2H3. The Kier molecular flexibility index (Phi) is 5.39. The number of para-hydroxylation sites is 1. The minimum atomic E-state index is -4.04. The number of sulfonamides is 1. The molecule has 20 heavy (non-hydrogen) atoms. The number of anilines is 1. The molecule has 0 radical (unpaired) electrons. The summed E-state index contributed by atoms with van der Waals surface area (Å²) >= 11 is 0. The smallest absolute Gasteiger partial charge is 0.313 e. The number of nitrogen functional groups attached to an aromatic ring is 1. The molecule has 0 fully saturated rings. The molecule has 1 aromatic carbocycles. The van der Waals surface area contributed by atoms with Crippen molar-refractivity contribution in [3.05, 3.63) is 28.3 Å². The van der Waals surface area contributed by atoms with Crippen molar-refractivity contribution in [3.8, 4) is 0 Å². The molecule has 0 bridgehead atoms. The predicted molar refractivity (Wildman–Crippen MR) is 72.6 cm³/mol. The van der Waals surface area contributed by atoms with Crippen LogP contribution in [0.15, 0.2) is 23.1 Å². The van der Waals surface area contributed by atoms with Crippen molar-refractivity contribution in [2.24, 2.45) is 5.84 Å². The second kappa shape index (κ2) is 6.61. The summed E-state index contributed by atoms with van der Waals surface area (Å²) in [6.45, 7) is 1.66. The number of benzene rings is 1. The third kappa shape index (κ3) is 3.63. The molecule has 1 unspecified atom stereocenters. The predicted octanol–water partition coefficient (Wildman–Crippen LogP) is 0.194. The molecule has 112 valence electrons. The number of methoxy groups -OCH3 is 1. The lowest BCUT2D eigenvalue weighted by molar-refractivity contribution is -0.386. The van der Waals surface area contributed by atoms with Crippen LogP contribution in [0.2, 0.25) is 0 Å². The van der Waals surface area contributed by atoms with E-state index in [2.05, 4.69) is 10.1 Å². The van der Waals surface area contributed by atoms with E-state index in [1.165, 1.54) is 19.2 Å². The molecular weight excluding hydrogens is 288 g/mol. The Bertz CT molecular complexity index is 589. The number of hydrazine groups is 1. The molecule has 1 atom stereocenters. The van der Waals surface area contributed by atoms with E-state index in [0.29, 0.717) is 0 Å². The van der Waals surface area contributed by atoms with Crippen molar-refractivity contribution in [3.63, 3.8) is 0 Å². The molecule has 10 heteroatoms. The third-order valence-corrected chi connectivity index (χ3v) is 4.04. The quantitative estimate of drug-likeness (QED) is 0.371. The zero-order chi connectivity index (χ0) is 15.3. The van der Waals surface area contributed by atoms with E-state index in [1.807, 2.05) is 0 Å². The average Bonchev–Trinajstić information content (AvgIpc) is 2.43. The van der Waals surface area contributed by atoms with Gasteiger partial charge >= 0.3 is 5.69 Å². The largest absolute Gasteiger partial charge is 0.380 e. The summed E-state index contributed by atoms with van der Waals surface area (Å²) in [7, 11) is -2.61. The highest BCUT2D eigenvalue weighted by molar-refractivity contribution is 7.89. The molecule has 0 heterocycles. The molecule has 4 N–H and O–H groups in total. The fourth-order valence-corrected chi connectivity index (χ4v) is 2.74. The SMILES string of the molecule is COC(C)CNS(=O)(=O)c1cccc(NN)c1[N+](=O)[O-]. The molecule has 0 aliphatic carbocycles. The van der Waals surface area contributed by atoms with E-state index in [-0.39, 0.29) is 18.3 Å². The maximum atomic E-state index is 12.1. The molecule has 0 saturated heterocycles. The highest BCUT2D eigenvalue weighted by Crippen LogP contribution is 2.31. The van der Waals surface area contributed by atoms with Crippen LogP contribution in [-0.2, 0) is 14.8 Å². The molecule has 0 saturated carbocycles. The number of nitrogens with zero attached hydrogens (tertiary/aromatic N) is 1. The van der Waals surface area contributed by atoms with Gasteiger partial charge in [0.25, 0.3) is 0 Å².